The van der Waals surface area contributed by atoms with Crippen LogP contribution in [0, 0.1) is 15.9 Å². The lowest BCUT2D eigenvalue weighted by Gasteiger charge is -2.17. The molecular weight excluding hydrogens is 379 g/mol. The number of benzene rings is 1. The number of hydrogen-bond donors (Lipinski definition) is 0. The van der Waals surface area contributed by atoms with Crippen molar-refractivity contribution in [3.63, 3.8) is 0 Å². The fraction of sp³-hybridized carbons (Fsp3) is 0.353. The second-order valence-electron chi connectivity index (χ2n) is 5.68. The van der Waals surface area contributed by atoms with Gasteiger partial charge in [0.1, 0.15) is 5.69 Å². The van der Waals surface area contributed by atoms with E-state index in [0.29, 0.717) is 16.5 Å². The molecule has 150 valence electrons. The van der Waals surface area contributed by atoms with E-state index >= 15 is 4.39 Å². The average molecular weight is 396 g/mol. The molecule has 0 N–H and O–H groups in total. The number of amides is 2. The summed E-state index contributed by atoms with van der Waals surface area (Å²) < 4.78 is 29.8. The zero-order chi connectivity index (χ0) is 21.2. The number of halogens is 1. The number of carbonyl (C=O) groups excluding carboxylic acids is 3. The van der Waals surface area contributed by atoms with Gasteiger partial charge in [0.25, 0.3) is 5.69 Å². The number of imide groups is 1. The summed E-state index contributed by atoms with van der Waals surface area (Å²) in [7, 11) is 0. The van der Waals surface area contributed by atoms with Crippen molar-refractivity contribution in [1.29, 1.82) is 0 Å². The molecule has 0 atom stereocenters. The molecule has 0 spiro atoms. The molecule has 0 bridgehead atoms. The van der Waals surface area contributed by atoms with E-state index in [0.717, 1.165) is 0 Å². The summed E-state index contributed by atoms with van der Waals surface area (Å²) in [5, 5.41) is 11.5. The van der Waals surface area contributed by atoms with Crippen LogP contribution in [0.4, 0.5) is 20.6 Å². The van der Waals surface area contributed by atoms with E-state index in [1.165, 1.54) is 27.7 Å². The third kappa shape index (κ3) is 3.50. The summed E-state index contributed by atoms with van der Waals surface area (Å²) in [5.74, 6) is -4.60. The Morgan fingerprint density at radius 1 is 1.29 bits per heavy atom. The first kappa shape index (κ1) is 20.8. The molecule has 10 nitrogen and oxygen atoms in total. The molecular formula is C17H17FN2O8. The van der Waals surface area contributed by atoms with E-state index in [1.54, 1.807) is 0 Å². The van der Waals surface area contributed by atoms with Crippen LogP contribution in [0.15, 0.2) is 17.4 Å². The minimum Gasteiger partial charge on any atom is -0.490 e. The van der Waals surface area contributed by atoms with E-state index in [4.69, 9.17) is 14.2 Å². The van der Waals surface area contributed by atoms with Crippen LogP contribution in [0.5, 0.6) is 5.75 Å². The maximum absolute atomic E-state index is 15.1. The van der Waals surface area contributed by atoms with Crippen molar-refractivity contribution in [3.8, 4) is 5.75 Å². The van der Waals surface area contributed by atoms with Crippen LogP contribution in [0.25, 0.3) is 0 Å². The van der Waals surface area contributed by atoms with Gasteiger partial charge in [0, 0.05) is 6.07 Å². The van der Waals surface area contributed by atoms with E-state index in [-0.39, 0.29) is 19.0 Å². The van der Waals surface area contributed by atoms with E-state index in [9.17, 15) is 24.5 Å². The van der Waals surface area contributed by atoms with Crippen molar-refractivity contribution in [1.82, 2.24) is 0 Å². The molecule has 0 saturated carbocycles. The van der Waals surface area contributed by atoms with Crippen molar-refractivity contribution in [3.05, 3.63) is 38.9 Å². The number of nitro benzene ring substituents is 1. The lowest BCUT2D eigenvalue weighted by atomic mass is 10.1. The highest BCUT2D eigenvalue weighted by Crippen LogP contribution is 2.40. The molecule has 11 heteroatoms. The molecule has 1 aromatic rings. The third-order valence-corrected chi connectivity index (χ3v) is 3.61. The molecule has 1 saturated heterocycles. The highest BCUT2D eigenvalue weighted by molar-refractivity contribution is 6.24. The predicted molar refractivity (Wildman–Crippen MR) is 92.5 cm³/mol. The molecule has 1 aliphatic heterocycles. The molecule has 1 fully saturated rings. The van der Waals surface area contributed by atoms with E-state index in [1.807, 2.05) is 0 Å². The monoisotopic (exact) mass is 396 g/mol. The van der Waals surface area contributed by atoms with Gasteiger partial charge in [-0.2, -0.15) is 0 Å². The van der Waals surface area contributed by atoms with Crippen molar-refractivity contribution in [2.75, 3.05) is 18.1 Å². The third-order valence-electron chi connectivity index (χ3n) is 3.61. The summed E-state index contributed by atoms with van der Waals surface area (Å²) in [4.78, 5) is 47.5. The van der Waals surface area contributed by atoms with Gasteiger partial charge in [0.15, 0.2) is 22.9 Å². The number of allylic oxidation sites excluding steroid dienone is 1. The van der Waals surface area contributed by atoms with Gasteiger partial charge >= 0.3 is 18.0 Å². The molecule has 2 amide bonds. The molecule has 0 aromatic heterocycles. The molecule has 1 aliphatic rings. The number of rotatable bonds is 6. The molecule has 1 aromatic carbocycles. The maximum atomic E-state index is 15.1. The van der Waals surface area contributed by atoms with Gasteiger partial charge in [-0.1, -0.05) is 0 Å². The Hall–Kier alpha value is -3.50. The van der Waals surface area contributed by atoms with E-state index < -0.39 is 51.4 Å². The van der Waals surface area contributed by atoms with Crippen molar-refractivity contribution >= 4 is 29.3 Å². The second kappa shape index (κ2) is 8.03. The Labute approximate surface area is 158 Å². The number of nitro groups is 1. The lowest BCUT2D eigenvalue weighted by Crippen LogP contribution is -2.30. The van der Waals surface area contributed by atoms with Gasteiger partial charge in [0.2, 0.25) is 0 Å². The van der Waals surface area contributed by atoms with Crippen LogP contribution in [0.3, 0.4) is 0 Å². The van der Waals surface area contributed by atoms with Gasteiger partial charge in [-0.3, -0.25) is 14.9 Å². The highest BCUT2D eigenvalue weighted by atomic mass is 19.1. The van der Waals surface area contributed by atoms with Gasteiger partial charge in [-0.15, -0.1) is 0 Å². The number of nitrogens with zero attached hydrogens (tertiary/aromatic N) is 2. The SMILES string of the molecule is CCOC(=O)c1c([N+](=O)[O-])cc(N2C(=O)OC(=C(C)C)C2=O)c(F)c1OCC. The Kier molecular flexibility index (Phi) is 5.96. The predicted octanol–water partition coefficient (Wildman–Crippen LogP) is 3.09. The molecule has 2 rings (SSSR count). The molecule has 1 heterocycles. The van der Waals surface area contributed by atoms with Gasteiger partial charge in [-0.05, 0) is 33.3 Å². The fourth-order valence-corrected chi connectivity index (χ4v) is 2.48. The maximum Gasteiger partial charge on any atom is 0.427 e. The number of carbonyl (C=O) groups is 3. The standard InChI is InChI=1S/C17H17FN2O8/c1-5-26-14-11(16(22)27-6-2)9(20(24)25)7-10(12(14)18)19-15(21)13(8(3)4)28-17(19)23/h7H,5-6H2,1-4H3. The lowest BCUT2D eigenvalue weighted by molar-refractivity contribution is -0.385. The number of esters is 1. The Balaban J connectivity index is 2.79. The second-order valence-corrected chi connectivity index (χ2v) is 5.68. The molecule has 0 radical (unpaired) electrons. The van der Waals surface area contributed by atoms with Gasteiger partial charge in [-0.25, -0.2) is 18.9 Å². The van der Waals surface area contributed by atoms with Crippen molar-refractivity contribution in [2.24, 2.45) is 0 Å². The summed E-state index contributed by atoms with van der Waals surface area (Å²) in [5.41, 5.74) is -2.06. The first-order valence-electron chi connectivity index (χ1n) is 8.20. The van der Waals surface area contributed by atoms with Crippen LogP contribution >= 0.6 is 0 Å². The van der Waals surface area contributed by atoms with Crippen molar-refractivity contribution < 1.29 is 37.9 Å². The molecule has 28 heavy (non-hydrogen) atoms. The summed E-state index contributed by atoms with van der Waals surface area (Å²) in [6, 6.07) is 0.594. The smallest absolute Gasteiger partial charge is 0.427 e. The largest absolute Gasteiger partial charge is 0.490 e. The normalized spacial score (nSPS) is 13.5. The van der Waals surface area contributed by atoms with Crippen LogP contribution in [0.1, 0.15) is 38.1 Å². The average Bonchev–Trinajstić information content (AvgIpc) is 2.91. The van der Waals surface area contributed by atoms with Gasteiger partial charge < -0.3 is 14.2 Å². The minimum atomic E-state index is -1.31. The van der Waals surface area contributed by atoms with Crippen LogP contribution in [-0.2, 0) is 14.3 Å². The number of anilines is 1. The summed E-state index contributed by atoms with van der Waals surface area (Å²) >= 11 is 0. The topological polar surface area (TPSA) is 125 Å². The van der Waals surface area contributed by atoms with Gasteiger partial charge in [0.05, 0.1) is 18.1 Å². The van der Waals surface area contributed by atoms with Crippen molar-refractivity contribution in [2.45, 2.75) is 27.7 Å². The quantitative estimate of drug-likeness (QED) is 0.311. The van der Waals surface area contributed by atoms with Crippen LogP contribution < -0.4 is 9.64 Å². The molecule has 0 unspecified atom stereocenters. The zero-order valence-corrected chi connectivity index (χ0v) is 15.5. The first-order valence-corrected chi connectivity index (χ1v) is 8.20. The number of cyclic esters (lactones) is 1. The van der Waals surface area contributed by atoms with Crippen LogP contribution in [-0.4, -0.2) is 36.1 Å². The van der Waals surface area contributed by atoms with E-state index in [2.05, 4.69) is 0 Å². The fourth-order valence-electron chi connectivity index (χ4n) is 2.48. The van der Waals surface area contributed by atoms with Crippen LogP contribution in [0.2, 0.25) is 0 Å². The highest BCUT2D eigenvalue weighted by Gasteiger charge is 2.43. The number of ether oxygens (including phenoxy) is 3. The minimum absolute atomic E-state index is 0.119. The number of hydrogen-bond acceptors (Lipinski definition) is 8. The summed E-state index contributed by atoms with van der Waals surface area (Å²) in [6.45, 7) is 5.65. The Morgan fingerprint density at radius 3 is 2.39 bits per heavy atom. The Bertz CT molecular complexity index is 905. The molecule has 0 aliphatic carbocycles. The first-order chi connectivity index (χ1) is 13.1. The Morgan fingerprint density at radius 2 is 1.93 bits per heavy atom. The zero-order valence-electron chi connectivity index (χ0n) is 15.5. The summed E-state index contributed by atoms with van der Waals surface area (Å²) in [6.07, 6.45) is -1.24.